The maximum atomic E-state index is 4.52. The van der Waals surface area contributed by atoms with Crippen LogP contribution in [0.5, 0.6) is 0 Å². The summed E-state index contributed by atoms with van der Waals surface area (Å²) in [6.07, 6.45) is 5.48. The van der Waals surface area contributed by atoms with Crippen LogP contribution in [-0.4, -0.2) is 28.5 Å². The van der Waals surface area contributed by atoms with Crippen molar-refractivity contribution in [1.82, 2.24) is 15.0 Å². The van der Waals surface area contributed by atoms with E-state index < -0.39 is 0 Å². The molecule has 112 valence electrons. The third-order valence-corrected chi connectivity index (χ3v) is 3.42. The van der Waals surface area contributed by atoms with Gasteiger partial charge in [0, 0.05) is 25.4 Å². The van der Waals surface area contributed by atoms with Gasteiger partial charge in [0.15, 0.2) is 0 Å². The average Bonchev–Trinajstić information content (AvgIpc) is 2.54. The van der Waals surface area contributed by atoms with Crippen molar-refractivity contribution < 1.29 is 0 Å². The molecule has 0 aliphatic rings. The van der Waals surface area contributed by atoms with Crippen molar-refractivity contribution in [2.24, 2.45) is 0 Å². The molecule has 0 amide bonds. The van der Waals surface area contributed by atoms with Crippen molar-refractivity contribution in [2.45, 2.75) is 33.2 Å². The normalized spacial score (nSPS) is 10.4. The Balaban J connectivity index is 2.33. The van der Waals surface area contributed by atoms with Crippen LogP contribution in [0.2, 0.25) is 0 Å². The molecule has 2 aromatic heterocycles. The first-order chi connectivity index (χ1) is 10.3. The molecule has 0 saturated heterocycles. The zero-order chi connectivity index (χ0) is 15.1. The highest BCUT2D eigenvalue weighted by Gasteiger charge is 2.15. The number of anilines is 2. The number of nitrogens with one attached hydrogen (secondary N) is 1. The smallest absolute Gasteiger partial charge is 0.137 e. The summed E-state index contributed by atoms with van der Waals surface area (Å²) in [6.45, 7) is 5.95. The fourth-order valence-electron chi connectivity index (χ4n) is 2.39. The van der Waals surface area contributed by atoms with E-state index in [2.05, 4.69) is 39.0 Å². The van der Waals surface area contributed by atoms with Crippen molar-refractivity contribution in [3.63, 3.8) is 0 Å². The average molecular weight is 285 g/mol. The number of nitrogens with zero attached hydrogens (tertiary/aromatic N) is 4. The monoisotopic (exact) mass is 285 g/mol. The Morgan fingerprint density at radius 3 is 2.62 bits per heavy atom. The molecule has 2 rings (SSSR count). The zero-order valence-corrected chi connectivity index (χ0v) is 13.0. The van der Waals surface area contributed by atoms with Crippen LogP contribution in [0.3, 0.4) is 0 Å². The highest BCUT2D eigenvalue weighted by Crippen LogP contribution is 2.25. The molecule has 0 aliphatic heterocycles. The molecule has 0 radical (unpaired) electrons. The molecule has 0 saturated carbocycles. The molecule has 5 nitrogen and oxygen atoms in total. The number of rotatable bonds is 7. The summed E-state index contributed by atoms with van der Waals surface area (Å²) in [7, 11) is 1.90. The van der Waals surface area contributed by atoms with E-state index in [9.17, 15) is 0 Å². The predicted molar refractivity (Wildman–Crippen MR) is 86.5 cm³/mol. The molecule has 0 aliphatic carbocycles. The summed E-state index contributed by atoms with van der Waals surface area (Å²) in [5.41, 5.74) is 2.23. The Morgan fingerprint density at radius 1 is 1.14 bits per heavy atom. The van der Waals surface area contributed by atoms with Gasteiger partial charge in [-0.25, -0.2) is 9.97 Å². The summed E-state index contributed by atoms with van der Waals surface area (Å²) >= 11 is 0. The quantitative estimate of drug-likeness (QED) is 0.847. The first kappa shape index (κ1) is 15.2. The lowest BCUT2D eigenvalue weighted by Gasteiger charge is -2.25. The van der Waals surface area contributed by atoms with Crippen molar-refractivity contribution in [1.29, 1.82) is 0 Å². The SMILES string of the molecule is CCCc1c(NC)ncnc1N(CC)Cc1ccccn1. The fourth-order valence-corrected chi connectivity index (χ4v) is 2.39. The molecular formula is C16H23N5. The van der Waals surface area contributed by atoms with Crippen molar-refractivity contribution in [2.75, 3.05) is 23.8 Å². The molecule has 0 spiro atoms. The van der Waals surface area contributed by atoms with Crippen molar-refractivity contribution >= 4 is 11.6 Å². The highest BCUT2D eigenvalue weighted by atomic mass is 15.2. The van der Waals surface area contributed by atoms with E-state index in [0.717, 1.165) is 43.3 Å². The maximum absolute atomic E-state index is 4.52. The summed E-state index contributed by atoms with van der Waals surface area (Å²) in [5.74, 6) is 1.92. The Labute approximate surface area is 126 Å². The number of aromatic nitrogens is 3. The van der Waals surface area contributed by atoms with Crippen molar-refractivity contribution in [3.8, 4) is 0 Å². The van der Waals surface area contributed by atoms with E-state index in [1.165, 1.54) is 5.56 Å². The molecule has 0 bridgehead atoms. The molecule has 0 unspecified atom stereocenters. The van der Waals surface area contributed by atoms with Crippen LogP contribution in [0.25, 0.3) is 0 Å². The highest BCUT2D eigenvalue weighted by molar-refractivity contribution is 5.58. The van der Waals surface area contributed by atoms with E-state index in [-0.39, 0.29) is 0 Å². The number of hydrogen-bond acceptors (Lipinski definition) is 5. The molecule has 5 heteroatoms. The Kier molecular flexibility index (Phi) is 5.49. The summed E-state index contributed by atoms with van der Waals surface area (Å²) in [5, 5.41) is 3.17. The van der Waals surface area contributed by atoms with Gasteiger partial charge in [-0.2, -0.15) is 0 Å². The minimum atomic E-state index is 0.758. The number of pyridine rings is 1. The van der Waals surface area contributed by atoms with Crippen LogP contribution in [0, 0.1) is 0 Å². The number of hydrogen-bond donors (Lipinski definition) is 1. The third-order valence-electron chi connectivity index (χ3n) is 3.42. The van der Waals surface area contributed by atoms with Gasteiger partial charge >= 0.3 is 0 Å². The second-order valence-electron chi connectivity index (χ2n) is 4.86. The van der Waals surface area contributed by atoms with Gasteiger partial charge in [0.2, 0.25) is 0 Å². The lowest BCUT2D eigenvalue weighted by atomic mass is 10.1. The van der Waals surface area contributed by atoms with Gasteiger partial charge in [-0.15, -0.1) is 0 Å². The zero-order valence-electron chi connectivity index (χ0n) is 13.0. The second-order valence-corrected chi connectivity index (χ2v) is 4.86. The summed E-state index contributed by atoms with van der Waals surface area (Å²) in [4.78, 5) is 15.5. The van der Waals surface area contributed by atoms with Gasteiger partial charge in [0.25, 0.3) is 0 Å². The van der Waals surface area contributed by atoms with Gasteiger partial charge in [0.05, 0.1) is 12.2 Å². The molecule has 0 atom stereocenters. The van der Waals surface area contributed by atoms with Gasteiger partial charge in [-0.3, -0.25) is 4.98 Å². The van der Waals surface area contributed by atoms with Gasteiger partial charge < -0.3 is 10.2 Å². The van der Waals surface area contributed by atoms with Crippen LogP contribution in [0.4, 0.5) is 11.6 Å². The summed E-state index contributed by atoms with van der Waals surface area (Å²) < 4.78 is 0. The van der Waals surface area contributed by atoms with E-state index in [1.807, 2.05) is 31.4 Å². The Hall–Kier alpha value is -2.17. The van der Waals surface area contributed by atoms with Crippen molar-refractivity contribution in [3.05, 3.63) is 42.0 Å². The van der Waals surface area contributed by atoms with E-state index in [4.69, 9.17) is 0 Å². The van der Waals surface area contributed by atoms with Gasteiger partial charge in [0.1, 0.15) is 18.0 Å². The van der Waals surface area contributed by atoms with E-state index in [0.29, 0.717) is 0 Å². The standard InChI is InChI=1S/C16H23N5/c1-4-8-14-15(17-3)19-12-20-16(14)21(5-2)11-13-9-6-7-10-18-13/h6-7,9-10,12H,4-5,8,11H2,1-3H3,(H,17,19,20). The van der Waals surface area contributed by atoms with Crippen LogP contribution < -0.4 is 10.2 Å². The molecule has 0 aromatic carbocycles. The molecule has 2 heterocycles. The fraction of sp³-hybridized carbons (Fsp3) is 0.438. The topological polar surface area (TPSA) is 53.9 Å². The molecular weight excluding hydrogens is 262 g/mol. The summed E-state index contributed by atoms with van der Waals surface area (Å²) in [6, 6.07) is 6.00. The Bertz CT molecular complexity index is 556. The van der Waals surface area contributed by atoms with Crippen LogP contribution >= 0.6 is 0 Å². The predicted octanol–water partition coefficient (Wildman–Crippen LogP) is 2.89. The minimum Gasteiger partial charge on any atom is -0.373 e. The lowest BCUT2D eigenvalue weighted by molar-refractivity contribution is 0.774. The second kappa shape index (κ2) is 7.57. The van der Waals surface area contributed by atoms with Crippen LogP contribution in [-0.2, 0) is 13.0 Å². The van der Waals surface area contributed by atoms with Crippen LogP contribution in [0.15, 0.2) is 30.7 Å². The first-order valence-corrected chi connectivity index (χ1v) is 7.46. The minimum absolute atomic E-state index is 0.758. The van der Waals surface area contributed by atoms with E-state index in [1.54, 1.807) is 6.33 Å². The third kappa shape index (κ3) is 3.68. The largest absolute Gasteiger partial charge is 0.373 e. The van der Waals surface area contributed by atoms with Crippen LogP contribution in [0.1, 0.15) is 31.5 Å². The lowest BCUT2D eigenvalue weighted by Crippen LogP contribution is -2.25. The first-order valence-electron chi connectivity index (χ1n) is 7.46. The molecule has 21 heavy (non-hydrogen) atoms. The molecule has 1 N–H and O–H groups in total. The molecule has 2 aromatic rings. The Morgan fingerprint density at radius 2 is 2.00 bits per heavy atom. The van der Waals surface area contributed by atoms with Gasteiger partial charge in [-0.1, -0.05) is 19.4 Å². The maximum Gasteiger partial charge on any atom is 0.137 e. The molecule has 0 fully saturated rings. The van der Waals surface area contributed by atoms with Gasteiger partial charge in [-0.05, 0) is 25.5 Å². The van der Waals surface area contributed by atoms with E-state index >= 15 is 0 Å².